The van der Waals surface area contributed by atoms with Crippen LogP contribution in [-0.2, 0) is 4.79 Å². The number of aryl methyl sites for hydroxylation is 1. The summed E-state index contributed by atoms with van der Waals surface area (Å²) in [6.07, 6.45) is 2.24. The second kappa shape index (κ2) is 8.25. The van der Waals surface area contributed by atoms with E-state index >= 15 is 0 Å². The van der Waals surface area contributed by atoms with Crippen molar-refractivity contribution in [3.63, 3.8) is 0 Å². The van der Waals surface area contributed by atoms with E-state index in [1.54, 1.807) is 7.05 Å². The zero-order valence-electron chi connectivity index (χ0n) is 16.2. The molecule has 0 unspecified atom stereocenters. The summed E-state index contributed by atoms with van der Waals surface area (Å²) in [6, 6.07) is 15.6. The number of carbonyl (C=O) groups is 2. The quantitative estimate of drug-likeness (QED) is 0.812. The topological polar surface area (TPSA) is 61.4 Å². The average Bonchev–Trinajstić information content (AvgIpc) is 3.49. The third-order valence-corrected chi connectivity index (χ3v) is 5.14. The molecule has 27 heavy (non-hydrogen) atoms. The molecule has 0 radical (unpaired) electrons. The van der Waals surface area contributed by atoms with Crippen LogP contribution in [0.25, 0.3) is 0 Å². The first-order valence-corrected chi connectivity index (χ1v) is 9.38. The molecule has 0 saturated heterocycles. The van der Waals surface area contributed by atoms with E-state index in [2.05, 4.69) is 10.6 Å². The highest BCUT2D eigenvalue weighted by atomic mass is 16.2. The van der Waals surface area contributed by atoms with Gasteiger partial charge in [0.2, 0.25) is 5.91 Å². The molecule has 142 valence electrons. The molecule has 1 aliphatic rings. The Morgan fingerprint density at radius 2 is 1.78 bits per heavy atom. The predicted molar refractivity (Wildman–Crippen MR) is 108 cm³/mol. The van der Waals surface area contributed by atoms with Crippen LogP contribution in [0.2, 0.25) is 0 Å². The lowest BCUT2D eigenvalue weighted by molar-refractivity contribution is -0.116. The summed E-state index contributed by atoms with van der Waals surface area (Å²) in [4.78, 5) is 26.4. The van der Waals surface area contributed by atoms with Crippen LogP contribution in [0.4, 0.5) is 10.5 Å². The molecule has 2 N–H and O–H groups in total. The standard InChI is InChI=1S/C22H27N3O2/c1-15-8-7-11-19(16(15)2)23-20(26)14-25(3)22(27)24-21(18-12-13-18)17-9-5-4-6-10-17/h4-11,18,21H,12-14H2,1-3H3,(H,23,26)(H,24,27)/t21-/m0/s1. The summed E-state index contributed by atoms with van der Waals surface area (Å²) in [7, 11) is 1.65. The number of nitrogens with one attached hydrogen (secondary N) is 2. The fraction of sp³-hybridized carbons (Fsp3) is 0.364. The highest BCUT2D eigenvalue weighted by molar-refractivity contribution is 5.95. The van der Waals surface area contributed by atoms with Gasteiger partial charge in [-0.2, -0.15) is 0 Å². The normalized spacial score (nSPS) is 14.3. The smallest absolute Gasteiger partial charge is 0.318 e. The van der Waals surface area contributed by atoms with E-state index in [1.165, 1.54) is 4.90 Å². The minimum Gasteiger partial charge on any atom is -0.331 e. The van der Waals surface area contributed by atoms with Gasteiger partial charge in [-0.05, 0) is 55.4 Å². The SMILES string of the molecule is Cc1cccc(NC(=O)CN(C)C(=O)N[C@@H](c2ccccc2)C2CC2)c1C. The van der Waals surface area contributed by atoms with Gasteiger partial charge in [-0.25, -0.2) is 4.79 Å². The molecule has 0 aromatic heterocycles. The van der Waals surface area contributed by atoms with E-state index in [0.29, 0.717) is 5.92 Å². The number of rotatable bonds is 6. The van der Waals surface area contributed by atoms with Crippen molar-refractivity contribution in [3.8, 4) is 0 Å². The Bertz CT molecular complexity index is 816. The number of nitrogens with zero attached hydrogens (tertiary/aromatic N) is 1. The molecule has 0 heterocycles. The largest absolute Gasteiger partial charge is 0.331 e. The molecule has 0 aliphatic heterocycles. The fourth-order valence-corrected chi connectivity index (χ4v) is 3.17. The maximum atomic E-state index is 12.6. The number of likely N-dealkylation sites (N-methyl/N-ethyl adjacent to an activating group) is 1. The van der Waals surface area contributed by atoms with Crippen molar-refractivity contribution < 1.29 is 9.59 Å². The van der Waals surface area contributed by atoms with E-state index in [0.717, 1.165) is 35.2 Å². The van der Waals surface area contributed by atoms with E-state index < -0.39 is 0 Å². The van der Waals surface area contributed by atoms with Gasteiger partial charge in [0.1, 0.15) is 6.54 Å². The van der Waals surface area contributed by atoms with Crippen LogP contribution in [0.3, 0.4) is 0 Å². The van der Waals surface area contributed by atoms with Crippen LogP contribution in [0, 0.1) is 19.8 Å². The molecule has 3 rings (SSSR count). The Labute approximate surface area is 160 Å². The summed E-state index contributed by atoms with van der Waals surface area (Å²) in [5, 5.41) is 5.99. The lowest BCUT2D eigenvalue weighted by Gasteiger charge is -2.24. The Morgan fingerprint density at radius 1 is 1.07 bits per heavy atom. The Kier molecular flexibility index (Phi) is 5.79. The van der Waals surface area contributed by atoms with E-state index in [1.807, 2.05) is 62.4 Å². The lowest BCUT2D eigenvalue weighted by atomic mass is 10.0. The minimum absolute atomic E-state index is 0.00299. The first-order valence-electron chi connectivity index (χ1n) is 9.38. The van der Waals surface area contributed by atoms with Gasteiger partial charge in [-0.15, -0.1) is 0 Å². The molecule has 0 spiro atoms. The van der Waals surface area contributed by atoms with Crippen LogP contribution in [0.1, 0.15) is 35.6 Å². The summed E-state index contributed by atoms with van der Waals surface area (Å²) in [6.45, 7) is 3.99. The van der Waals surface area contributed by atoms with Crippen LogP contribution in [0.15, 0.2) is 48.5 Å². The molecule has 1 aliphatic carbocycles. The zero-order chi connectivity index (χ0) is 19.4. The molecule has 1 fully saturated rings. The number of amides is 3. The summed E-state index contributed by atoms with van der Waals surface area (Å²) in [5.41, 5.74) is 4.06. The lowest BCUT2D eigenvalue weighted by Crippen LogP contribution is -2.43. The van der Waals surface area contributed by atoms with Gasteiger partial charge in [0.15, 0.2) is 0 Å². The third kappa shape index (κ3) is 4.88. The Hall–Kier alpha value is -2.82. The minimum atomic E-state index is -0.230. The first-order chi connectivity index (χ1) is 13.0. The monoisotopic (exact) mass is 365 g/mol. The molecule has 0 bridgehead atoms. The number of anilines is 1. The van der Waals surface area contributed by atoms with Gasteiger partial charge in [-0.1, -0.05) is 42.5 Å². The summed E-state index contributed by atoms with van der Waals surface area (Å²) in [5.74, 6) is 0.276. The Balaban J connectivity index is 1.58. The fourth-order valence-electron chi connectivity index (χ4n) is 3.17. The second-order valence-electron chi connectivity index (χ2n) is 7.33. The van der Waals surface area contributed by atoms with E-state index in [9.17, 15) is 9.59 Å². The third-order valence-electron chi connectivity index (χ3n) is 5.14. The highest BCUT2D eigenvalue weighted by Gasteiger charge is 2.34. The van der Waals surface area contributed by atoms with Crippen LogP contribution < -0.4 is 10.6 Å². The van der Waals surface area contributed by atoms with Gasteiger partial charge in [0, 0.05) is 12.7 Å². The van der Waals surface area contributed by atoms with Crippen LogP contribution in [-0.4, -0.2) is 30.4 Å². The molecular weight excluding hydrogens is 338 g/mol. The van der Waals surface area contributed by atoms with Gasteiger partial charge in [0.25, 0.3) is 0 Å². The number of hydrogen-bond acceptors (Lipinski definition) is 2. The molecule has 1 saturated carbocycles. The number of urea groups is 1. The first kappa shape index (κ1) is 19.0. The number of benzene rings is 2. The van der Waals surface area contributed by atoms with E-state index in [-0.39, 0.29) is 24.5 Å². The van der Waals surface area contributed by atoms with Gasteiger partial charge >= 0.3 is 6.03 Å². The van der Waals surface area contributed by atoms with Crippen LogP contribution >= 0.6 is 0 Å². The van der Waals surface area contributed by atoms with Crippen molar-refractivity contribution in [1.29, 1.82) is 0 Å². The van der Waals surface area contributed by atoms with Crippen molar-refractivity contribution in [1.82, 2.24) is 10.2 Å². The molecule has 2 aromatic rings. The van der Waals surface area contributed by atoms with Crippen molar-refractivity contribution >= 4 is 17.6 Å². The van der Waals surface area contributed by atoms with Crippen molar-refractivity contribution in [2.75, 3.05) is 18.9 Å². The number of hydrogen-bond donors (Lipinski definition) is 2. The Morgan fingerprint density at radius 3 is 2.44 bits per heavy atom. The number of carbonyl (C=O) groups excluding carboxylic acids is 2. The van der Waals surface area contributed by atoms with Gasteiger partial charge in [0.05, 0.1) is 6.04 Å². The van der Waals surface area contributed by atoms with E-state index in [4.69, 9.17) is 0 Å². The van der Waals surface area contributed by atoms with Gasteiger partial charge in [-0.3, -0.25) is 4.79 Å². The maximum Gasteiger partial charge on any atom is 0.318 e. The molecule has 1 atom stereocenters. The molecule has 5 nitrogen and oxygen atoms in total. The van der Waals surface area contributed by atoms with Gasteiger partial charge < -0.3 is 15.5 Å². The molecular formula is C22H27N3O2. The average molecular weight is 365 g/mol. The summed E-state index contributed by atoms with van der Waals surface area (Å²) < 4.78 is 0. The van der Waals surface area contributed by atoms with Crippen molar-refractivity contribution in [2.45, 2.75) is 32.7 Å². The van der Waals surface area contributed by atoms with Crippen molar-refractivity contribution in [2.24, 2.45) is 5.92 Å². The second-order valence-corrected chi connectivity index (χ2v) is 7.33. The zero-order valence-corrected chi connectivity index (χ0v) is 16.2. The van der Waals surface area contributed by atoms with Crippen molar-refractivity contribution in [3.05, 3.63) is 65.2 Å². The van der Waals surface area contributed by atoms with Crippen LogP contribution in [0.5, 0.6) is 0 Å². The molecule has 5 heteroatoms. The molecule has 3 amide bonds. The maximum absolute atomic E-state index is 12.6. The molecule has 2 aromatic carbocycles. The summed E-state index contributed by atoms with van der Waals surface area (Å²) >= 11 is 0. The highest BCUT2D eigenvalue weighted by Crippen LogP contribution is 2.40. The predicted octanol–water partition coefficient (Wildman–Crippen LogP) is 4.03.